The highest BCUT2D eigenvalue weighted by Gasteiger charge is 2.28. The number of nitrogens with zero attached hydrogens (tertiary/aromatic N) is 1. The molecule has 0 aromatic heterocycles. The fraction of sp³-hybridized carbons (Fsp3) is 0.125. The van der Waals surface area contributed by atoms with Crippen molar-refractivity contribution in [1.82, 2.24) is 0 Å². The second-order valence-corrected chi connectivity index (χ2v) is 5.06. The van der Waals surface area contributed by atoms with Gasteiger partial charge in [-0.15, -0.1) is 0 Å². The van der Waals surface area contributed by atoms with Crippen molar-refractivity contribution in [1.29, 1.82) is 0 Å². The maximum atomic E-state index is 13.3. The first-order valence-corrected chi connectivity index (χ1v) is 6.86. The van der Waals surface area contributed by atoms with Gasteiger partial charge in [0, 0.05) is 11.3 Å². The molecule has 2 aromatic carbocycles. The van der Waals surface area contributed by atoms with Crippen molar-refractivity contribution in [2.24, 2.45) is 0 Å². The predicted molar refractivity (Wildman–Crippen MR) is 81.8 cm³/mol. The Hall–Kier alpha value is -2.40. The number of carboxylic acid groups (broad SMARTS) is 1. The molecule has 2 aromatic rings. The van der Waals surface area contributed by atoms with Crippen molar-refractivity contribution in [3.8, 4) is 0 Å². The second kappa shape index (κ2) is 6.58. The van der Waals surface area contributed by atoms with Gasteiger partial charge in [0.25, 0.3) is 5.91 Å². The van der Waals surface area contributed by atoms with E-state index in [1.165, 1.54) is 19.1 Å². The molecule has 0 unspecified atom stereocenters. The quantitative estimate of drug-likeness (QED) is 0.936. The van der Waals surface area contributed by atoms with E-state index < -0.39 is 23.7 Å². The summed E-state index contributed by atoms with van der Waals surface area (Å²) < 4.78 is 13.3. The van der Waals surface area contributed by atoms with Gasteiger partial charge in [-0.1, -0.05) is 29.8 Å². The molecule has 0 spiro atoms. The summed E-state index contributed by atoms with van der Waals surface area (Å²) in [5.41, 5.74) is 0.547. The van der Waals surface area contributed by atoms with E-state index >= 15 is 0 Å². The third kappa shape index (κ3) is 3.26. The van der Waals surface area contributed by atoms with E-state index in [0.29, 0.717) is 5.56 Å². The molecule has 1 atom stereocenters. The zero-order valence-corrected chi connectivity index (χ0v) is 12.4. The lowest BCUT2D eigenvalue weighted by molar-refractivity contribution is -0.138. The number of anilines is 1. The zero-order valence-electron chi connectivity index (χ0n) is 11.7. The molecular formula is C16H13ClFNO3. The molecule has 0 fully saturated rings. The largest absolute Gasteiger partial charge is 0.480 e. The number of hydrogen-bond acceptors (Lipinski definition) is 2. The Bertz CT molecular complexity index is 706. The van der Waals surface area contributed by atoms with E-state index in [-0.39, 0.29) is 10.7 Å². The van der Waals surface area contributed by atoms with Crippen LogP contribution in [0.15, 0.2) is 48.5 Å². The van der Waals surface area contributed by atoms with Gasteiger partial charge < -0.3 is 5.11 Å². The average molecular weight is 322 g/mol. The van der Waals surface area contributed by atoms with Gasteiger partial charge in [0.1, 0.15) is 11.9 Å². The minimum Gasteiger partial charge on any atom is -0.480 e. The van der Waals surface area contributed by atoms with Gasteiger partial charge in [0.2, 0.25) is 0 Å². The number of rotatable bonds is 4. The van der Waals surface area contributed by atoms with Crippen LogP contribution < -0.4 is 4.90 Å². The predicted octanol–water partition coefficient (Wildman–Crippen LogP) is 3.60. The maximum absolute atomic E-state index is 13.3. The highest BCUT2D eigenvalue weighted by atomic mass is 35.5. The van der Waals surface area contributed by atoms with Crippen LogP contribution in [0.25, 0.3) is 0 Å². The van der Waals surface area contributed by atoms with Crippen LogP contribution in [0.2, 0.25) is 5.02 Å². The molecule has 6 heteroatoms. The van der Waals surface area contributed by atoms with E-state index in [1.807, 2.05) is 0 Å². The highest BCUT2D eigenvalue weighted by molar-refractivity contribution is 6.31. The van der Waals surface area contributed by atoms with Crippen molar-refractivity contribution in [2.45, 2.75) is 13.0 Å². The Morgan fingerprint density at radius 2 is 1.82 bits per heavy atom. The van der Waals surface area contributed by atoms with Gasteiger partial charge in [-0.3, -0.25) is 9.69 Å². The number of benzene rings is 2. The fourth-order valence-corrected chi connectivity index (χ4v) is 2.16. The van der Waals surface area contributed by atoms with E-state index in [1.54, 1.807) is 30.3 Å². The summed E-state index contributed by atoms with van der Waals surface area (Å²) in [5.74, 6) is -2.32. The van der Waals surface area contributed by atoms with E-state index in [4.69, 9.17) is 11.6 Å². The van der Waals surface area contributed by atoms with Crippen LogP contribution in [0.5, 0.6) is 0 Å². The number of amides is 1. The Morgan fingerprint density at radius 3 is 2.36 bits per heavy atom. The third-order valence-corrected chi connectivity index (χ3v) is 3.46. The van der Waals surface area contributed by atoms with Gasteiger partial charge >= 0.3 is 5.97 Å². The first kappa shape index (κ1) is 16.0. The summed E-state index contributed by atoms with van der Waals surface area (Å²) in [6.07, 6.45) is 0. The second-order valence-electron chi connectivity index (χ2n) is 4.65. The number of aliphatic carboxylic acids is 1. The van der Waals surface area contributed by atoms with Crippen molar-refractivity contribution in [3.05, 3.63) is 64.9 Å². The lowest BCUT2D eigenvalue weighted by Crippen LogP contribution is -2.43. The van der Waals surface area contributed by atoms with Crippen LogP contribution >= 0.6 is 11.6 Å². The average Bonchev–Trinajstić information content (AvgIpc) is 2.51. The molecule has 1 N–H and O–H groups in total. The van der Waals surface area contributed by atoms with E-state index in [0.717, 1.165) is 11.0 Å². The normalized spacial score (nSPS) is 11.8. The molecule has 22 heavy (non-hydrogen) atoms. The number of hydrogen-bond donors (Lipinski definition) is 1. The van der Waals surface area contributed by atoms with Crippen molar-refractivity contribution in [3.63, 3.8) is 0 Å². The minimum atomic E-state index is -1.18. The molecule has 0 radical (unpaired) electrons. The first-order chi connectivity index (χ1) is 10.4. The van der Waals surface area contributed by atoms with Crippen molar-refractivity contribution in [2.75, 3.05) is 4.90 Å². The highest BCUT2D eigenvalue weighted by Crippen LogP contribution is 2.26. The summed E-state index contributed by atoms with van der Waals surface area (Å²) in [6.45, 7) is 1.38. The Kier molecular flexibility index (Phi) is 4.78. The van der Waals surface area contributed by atoms with Gasteiger partial charge in [0.05, 0.1) is 5.02 Å². The lowest BCUT2D eigenvalue weighted by Gasteiger charge is -2.27. The number of carbonyl (C=O) groups is 2. The van der Waals surface area contributed by atoms with Crippen LogP contribution in [0, 0.1) is 5.82 Å². The summed E-state index contributed by atoms with van der Waals surface area (Å²) in [4.78, 5) is 25.0. The number of carboxylic acids is 1. The molecule has 1 amide bonds. The Balaban J connectivity index is 2.49. The van der Waals surface area contributed by atoms with Gasteiger partial charge in [-0.2, -0.15) is 0 Å². The molecule has 0 aliphatic heterocycles. The van der Waals surface area contributed by atoms with Gasteiger partial charge in [0.15, 0.2) is 0 Å². The zero-order chi connectivity index (χ0) is 16.3. The van der Waals surface area contributed by atoms with Gasteiger partial charge in [-0.25, -0.2) is 9.18 Å². The molecule has 0 heterocycles. The van der Waals surface area contributed by atoms with E-state index in [9.17, 15) is 19.1 Å². The van der Waals surface area contributed by atoms with Crippen molar-refractivity contribution >= 4 is 29.2 Å². The minimum absolute atomic E-state index is 0.180. The van der Waals surface area contributed by atoms with Crippen LogP contribution in [-0.2, 0) is 4.79 Å². The summed E-state index contributed by atoms with van der Waals surface area (Å²) in [6, 6.07) is 10.8. The molecule has 0 aliphatic carbocycles. The fourth-order valence-electron chi connectivity index (χ4n) is 1.98. The van der Waals surface area contributed by atoms with Crippen molar-refractivity contribution < 1.29 is 19.1 Å². The van der Waals surface area contributed by atoms with Crippen LogP contribution in [0.3, 0.4) is 0 Å². The first-order valence-electron chi connectivity index (χ1n) is 6.48. The summed E-state index contributed by atoms with van der Waals surface area (Å²) in [5, 5.41) is 9.05. The van der Waals surface area contributed by atoms with Crippen LogP contribution in [-0.4, -0.2) is 23.0 Å². The Morgan fingerprint density at radius 1 is 1.18 bits per heavy atom. The Labute approximate surface area is 131 Å². The molecule has 0 bridgehead atoms. The molecular weight excluding hydrogens is 309 g/mol. The number of halogens is 2. The van der Waals surface area contributed by atoms with Crippen LogP contribution in [0.4, 0.5) is 10.1 Å². The summed E-state index contributed by atoms with van der Waals surface area (Å²) >= 11 is 5.73. The lowest BCUT2D eigenvalue weighted by atomic mass is 10.1. The molecule has 0 saturated carbocycles. The third-order valence-electron chi connectivity index (χ3n) is 3.17. The summed E-state index contributed by atoms with van der Waals surface area (Å²) in [7, 11) is 0. The molecule has 114 valence electrons. The van der Waals surface area contributed by atoms with Crippen LogP contribution in [0.1, 0.15) is 17.3 Å². The molecule has 4 nitrogen and oxygen atoms in total. The maximum Gasteiger partial charge on any atom is 0.326 e. The SMILES string of the molecule is C[C@H](C(=O)O)N(C(=O)c1ccccc1)c1ccc(F)c(Cl)c1. The van der Waals surface area contributed by atoms with Gasteiger partial charge in [-0.05, 0) is 37.3 Å². The topological polar surface area (TPSA) is 57.6 Å². The molecule has 0 saturated heterocycles. The smallest absolute Gasteiger partial charge is 0.326 e. The molecule has 2 rings (SSSR count). The standard InChI is InChI=1S/C16H13ClFNO3/c1-10(16(21)22)19(12-7-8-14(18)13(17)9-12)15(20)11-5-3-2-4-6-11/h2-10H,1H3,(H,21,22)/t10-/m1/s1. The molecule has 0 aliphatic rings. The number of carbonyl (C=O) groups excluding carboxylic acids is 1. The van der Waals surface area contributed by atoms with E-state index in [2.05, 4.69) is 0 Å². The monoisotopic (exact) mass is 321 g/mol.